The molecule has 0 aromatic rings. The van der Waals surface area contributed by atoms with Crippen molar-refractivity contribution in [2.24, 2.45) is 0 Å². The second kappa shape index (κ2) is 21.1. The van der Waals surface area contributed by atoms with Gasteiger partial charge in [-0.3, -0.25) is 0 Å². The van der Waals surface area contributed by atoms with Crippen molar-refractivity contribution in [3.05, 3.63) is 6.15 Å². The monoisotopic (exact) mass is 195 g/mol. The average Bonchev–Trinajstić information content (AvgIpc) is 0. The number of hydrogen-bond acceptors (Lipinski definition) is 0. The molecule has 0 N–H and O–H groups in total. The number of nitrogens with zero attached hydrogens (tertiary/aromatic N) is 1. The van der Waals surface area contributed by atoms with Gasteiger partial charge in [0.05, 0.1) is 0 Å². The third-order valence-corrected chi connectivity index (χ3v) is 0. The molecule has 0 amide bonds. The molecular formula is H6Al2NSb. The summed E-state index contributed by atoms with van der Waals surface area (Å²) in [7, 11) is 0. The van der Waals surface area contributed by atoms with Gasteiger partial charge in [-0.2, -0.15) is 0 Å². The van der Waals surface area contributed by atoms with Gasteiger partial charge in [0.1, 0.15) is 0 Å². The summed E-state index contributed by atoms with van der Waals surface area (Å²) in [5.74, 6) is 0. The molecule has 0 unspecified atom stereocenters. The normalized spacial score (nSPS) is 0. The van der Waals surface area contributed by atoms with Crippen molar-refractivity contribution in [3.63, 3.8) is 0 Å². The minimum atomic E-state index is 0. The summed E-state index contributed by atoms with van der Waals surface area (Å²) in [6.45, 7) is 0. The summed E-state index contributed by atoms with van der Waals surface area (Å²) in [5.41, 5.74) is 0. The molecule has 0 aliphatic rings. The van der Waals surface area contributed by atoms with E-state index in [4.69, 9.17) is 0 Å². The van der Waals surface area contributed by atoms with Crippen molar-refractivity contribution < 1.29 is 0 Å². The van der Waals surface area contributed by atoms with E-state index >= 15 is 0 Å². The maximum absolute atomic E-state index is 0. The van der Waals surface area contributed by atoms with Crippen molar-refractivity contribution in [3.8, 4) is 0 Å². The van der Waals surface area contributed by atoms with Gasteiger partial charge in [0.25, 0.3) is 0 Å². The average molecular weight is 196 g/mol. The van der Waals surface area contributed by atoms with Gasteiger partial charge in [0.2, 0.25) is 0 Å². The van der Waals surface area contributed by atoms with Crippen LogP contribution < -0.4 is 0 Å². The first kappa shape index (κ1) is 40.3. The van der Waals surface area contributed by atoms with E-state index in [0.29, 0.717) is 0 Å². The van der Waals surface area contributed by atoms with E-state index in [2.05, 4.69) is 0 Å². The predicted molar refractivity (Wildman–Crippen MR) is 29.0 cm³/mol. The molecule has 0 aromatic heterocycles. The van der Waals surface area contributed by atoms with E-state index in [1.54, 1.807) is 0 Å². The second-order valence-electron chi connectivity index (χ2n) is 0. The van der Waals surface area contributed by atoms with Gasteiger partial charge in [-0.15, -0.1) is 0 Å². The molecule has 0 radical (unpaired) electrons. The van der Waals surface area contributed by atoms with Crippen LogP contribution in [0.15, 0.2) is 0 Å². The Labute approximate surface area is 64.8 Å². The first-order valence-electron chi connectivity index (χ1n) is 0. The quantitative estimate of drug-likeness (QED) is 0.384. The fourth-order valence-corrected chi connectivity index (χ4v) is 0. The molecule has 0 aliphatic heterocycles. The fraction of sp³-hybridized carbons (Fsp3) is 0. The van der Waals surface area contributed by atoms with Gasteiger partial charge < -0.3 is 6.15 Å². The van der Waals surface area contributed by atoms with Crippen molar-refractivity contribution in [2.75, 3.05) is 0 Å². The molecule has 0 atom stereocenters. The van der Waals surface area contributed by atoms with Gasteiger partial charge in [-0.1, -0.05) is 0 Å². The summed E-state index contributed by atoms with van der Waals surface area (Å²) in [4.78, 5) is 0. The molecule has 0 heterocycles. The summed E-state index contributed by atoms with van der Waals surface area (Å²) in [5, 5.41) is 0. The number of rotatable bonds is 0. The summed E-state index contributed by atoms with van der Waals surface area (Å²) in [6.07, 6.45) is 0. The summed E-state index contributed by atoms with van der Waals surface area (Å²) in [6, 6.07) is 0. The van der Waals surface area contributed by atoms with Crippen molar-refractivity contribution in [1.29, 1.82) is 0 Å². The molecule has 0 fully saturated rings. The zero-order chi connectivity index (χ0) is 0. The Bertz CT molecular complexity index is 6.00. The van der Waals surface area contributed by atoms with Crippen LogP contribution in [0.5, 0.6) is 0 Å². The van der Waals surface area contributed by atoms with Gasteiger partial charge in [-0.25, -0.2) is 0 Å². The van der Waals surface area contributed by atoms with Gasteiger partial charge in [0, 0.05) is 0 Å². The molecule has 0 bridgehead atoms. The summed E-state index contributed by atoms with van der Waals surface area (Å²) < 4.78 is 0. The van der Waals surface area contributed by atoms with Crippen LogP contribution in [0.25, 0.3) is 6.15 Å². The zero-order valence-corrected chi connectivity index (χ0v) is 3.91. The minimum absolute atomic E-state index is 0. The number of hydrogen-bond donors (Lipinski definition) is 0. The molecule has 4 heavy (non-hydrogen) atoms. The van der Waals surface area contributed by atoms with Crippen LogP contribution in [0.4, 0.5) is 0 Å². The van der Waals surface area contributed by atoms with Crippen LogP contribution in [0, 0.1) is 0 Å². The Hall–Kier alpha value is 1.84. The van der Waals surface area contributed by atoms with E-state index in [1.807, 2.05) is 0 Å². The van der Waals surface area contributed by atoms with Gasteiger partial charge >= 0.3 is 59.2 Å². The van der Waals surface area contributed by atoms with Gasteiger partial charge in [0.15, 0.2) is 0 Å². The van der Waals surface area contributed by atoms with Crippen LogP contribution in [0.1, 0.15) is 0 Å². The standard InChI is InChI=1S/2Al.N.Sb.6H/q2*+3;2*-3;;;;;;. The van der Waals surface area contributed by atoms with Crippen molar-refractivity contribution >= 4 is 59.2 Å². The Morgan fingerprint density at radius 2 is 0.750 bits per heavy atom. The Morgan fingerprint density at radius 1 is 0.750 bits per heavy atom. The topological polar surface area (TPSA) is 30.5 Å². The van der Waals surface area contributed by atoms with E-state index in [-0.39, 0.29) is 65.3 Å². The van der Waals surface area contributed by atoms with Crippen molar-refractivity contribution in [1.82, 2.24) is 0 Å². The third-order valence-electron chi connectivity index (χ3n) is 0. The molecule has 22 valence electrons. The molecule has 0 spiro atoms. The van der Waals surface area contributed by atoms with Crippen LogP contribution >= 0.6 is 0 Å². The van der Waals surface area contributed by atoms with E-state index in [1.165, 1.54) is 0 Å². The maximum atomic E-state index is 0. The van der Waals surface area contributed by atoms with Crippen molar-refractivity contribution in [2.45, 2.75) is 0 Å². The molecule has 0 rings (SSSR count). The van der Waals surface area contributed by atoms with Crippen LogP contribution in [-0.4, -0.2) is 59.2 Å². The zero-order valence-electron chi connectivity index (χ0n) is 1.60. The Morgan fingerprint density at radius 3 is 0.750 bits per heavy atom. The van der Waals surface area contributed by atoms with Crippen LogP contribution in [-0.2, 0) is 0 Å². The molecule has 0 saturated carbocycles. The SMILES string of the molecule is [Al+3].[Al+3].[N-3].[SbH6-3]. The van der Waals surface area contributed by atoms with Crippen LogP contribution in [0.3, 0.4) is 0 Å². The third kappa shape index (κ3) is 9.14. The molecule has 4 heteroatoms. The Kier molecular flexibility index (Phi) is 212. The molecule has 1 nitrogen and oxygen atoms in total. The molecular weight excluding hydrogens is 190 g/mol. The fourth-order valence-electron chi connectivity index (χ4n) is 0. The first-order chi connectivity index (χ1) is 0. The van der Waals surface area contributed by atoms with Gasteiger partial charge in [-0.05, 0) is 0 Å². The predicted octanol–water partition coefficient (Wildman–Crippen LogP) is -2.46. The van der Waals surface area contributed by atoms with E-state index in [0.717, 1.165) is 0 Å². The summed E-state index contributed by atoms with van der Waals surface area (Å²) >= 11 is 0. The van der Waals surface area contributed by atoms with Crippen LogP contribution in [0.2, 0.25) is 0 Å². The second-order valence-corrected chi connectivity index (χ2v) is 0. The van der Waals surface area contributed by atoms with E-state index < -0.39 is 0 Å². The first-order valence-corrected chi connectivity index (χ1v) is 0. The molecule has 0 saturated heterocycles. The Balaban J connectivity index is 0. The molecule has 0 aromatic carbocycles. The van der Waals surface area contributed by atoms with E-state index in [9.17, 15) is 0 Å². The molecule has 0 aliphatic carbocycles.